The molecule has 2 nitrogen and oxygen atoms in total. The van der Waals surface area contributed by atoms with Crippen LogP contribution in [-0.2, 0) is 0 Å². The van der Waals surface area contributed by atoms with Crippen LogP contribution in [0.4, 0.5) is 5.69 Å². The highest BCUT2D eigenvalue weighted by molar-refractivity contribution is 6.32. The highest BCUT2D eigenvalue weighted by atomic mass is 35.5. The molecule has 1 N–H and O–H groups in total. The van der Waals surface area contributed by atoms with E-state index < -0.39 is 0 Å². The molecule has 2 rings (SSSR count). The molecule has 0 radical (unpaired) electrons. The average molecular weight is 260 g/mol. The Kier molecular flexibility index (Phi) is 3.68. The van der Waals surface area contributed by atoms with E-state index in [2.05, 4.69) is 4.99 Å². The molecular weight excluding hydrogens is 246 g/mol. The van der Waals surface area contributed by atoms with Crippen LogP contribution in [0, 0.1) is 13.8 Å². The number of nitrogens with zero attached hydrogens (tertiary/aromatic N) is 1. The number of aryl methyl sites for hydroxylation is 1. The summed E-state index contributed by atoms with van der Waals surface area (Å²) in [5, 5.41) is 10.6. The monoisotopic (exact) mass is 259 g/mol. The number of aliphatic imine (C=N–C) groups is 1. The minimum Gasteiger partial charge on any atom is -0.507 e. The maximum Gasteiger partial charge on any atom is 0.124 e. The Labute approximate surface area is 112 Å². The molecule has 3 heteroatoms. The van der Waals surface area contributed by atoms with Crippen molar-refractivity contribution in [1.82, 2.24) is 0 Å². The molecule has 0 aliphatic heterocycles. The molecule has 92 valence electrons. The highest BCUT2D eigenvalue weighted by Gasteiger charge is 2.09. The summed E-state index contributed by atoms with van der Waals surface area (Å²) in [5.41, 5.74) is 3.21. The first kappa shape index (κ1) is 12.7. The molecule has 2 aromatic rings. The summed E-state index contributed by atoms with van der Waals surface area (Å²) in [6.07, 6.45) is 1.64. The highest BCUT2D eigenvalue weighted by Crippen LogP contribution is 2.29. The van der Waals surface area contributed by atoms with Crippen molar-refractivity contribution < 1.29 is 5.11 Å². The molecule has 0 aromatic heterocycles. The third-order valence-corrected chi connectivity index (χ3v) is 3.39. The molecule has 0 spiro atoms. The van der Waals surface area contributed by atoms with Crippen molar-refractivity contribution in [3.63, 3.8) is 0 Å². The second-order valence-corrected chi connectivity index (χ2v) is 4.54. The normalized spacial score (nSPS) is 11.1. The number of aromatic hydroxyl groups is 1. The lowest BCUT2D eigenvalue weighted by atomic mass is 10.0. The summed E-state index contributed by atoms with van der Waals surface area (Å²) in [6.45, 7) is 3.74. The topological polar surface area (TPSA) is 32.6 Å². The Morgan fingerprint density at radius 1 is 1.17 bits per heavy atom. The van der Waals surface area contributed by atoms with Crippen LogP contribution in [0.3, 0.4) is 0 Å². The fourth-order valence-electron chi connectivity index (χ4n) is 1.77. The molecule has 0 bridgehead atoms. The summed E-state index contributed by atoms with van der Waals surface area (Å²) in [6, 6.07) is 11.2. The molecule has 0 atom stereocenters. The Morgan fingerprint density at radius 2 is 1.83 bits per heavy atom. The average Bonchev–Trinajstić information content (AvgIpc) is 2.37. The van der Waals surface area contributed by atoms with E-state index in [0.717, 1.165) is 16.8 Å². The Bertz CT molecular complexity index is 591. The van der Waals surface area contributed by atoms with Crippen molar-refractivity contribution in [1.29, 1.82) is 0 Å². The number of halogens is 1. The molecule has 0 aliphatic carbocycles. The van der Waals surface area contributed by atoms with Crippen LogP contribution in [0.25, 0.3) is 0 Å². The summed E-state index contributed by atoms with van der Waals surface area (Å²) in [7, 11) is 0. The lowest BCUT2D eigenvalue weighted by Crippen LogP contribution is -1.92. The minimum atomic E-state index is 0.203. The molecule has 0 saturated carbocycles. The van der Waals surface area contributed by atoms with Gasteiger partial charge < -0.3 is 5.11 Å². The van der Waals surface area contributed by atoms with Crippen molar-refractivity contribution in [3.05, 3.63) is 58.1 Å². The van der Waals surface area contributed by atoms with Gasteiger partial charge in [0.15, 0.2) is 0 Å². The number of para-hydroxylation sites is 1. The standard InChI is InChI=1S/C15H14ClNO/c1-10-8-14(18)13(11(2)15(10)16)9-17-12-6-4-3-5-7-12/h3-9,18H,1-2H3. The second kappa shape index (κ2) is 5.23. The van der Waals surface area contributed by atoms with E-state index in [1.807, 2.05) is 44.2 Å². The van der Waals surface area contributed by atoms with E-state index in [1.54, 1.807) is 12.3 Å². The Morgan fingerprint density at radius 3 is 2.50 bits per heavy atom. The largest absolute Gasteiger partial charge is 0.507 e. The first-order chi connectivity index (χ1) is 8.59. The summed E-state index contributed by atoms with van der Waals surface area (Å²) >= 11 is 6.16. The summed E-state index contributed by atoms with van der Waals surface area (Å²) in [4.78, 5) is 4.33. The molecule has 0 unspecified atom stereocenters. The van der Waals surface area contributed by atoms with E-state index in [9.17, 15) is 5.11 Å². The van der Waals surface area contributed by atoms with Gasteiger partial charge in [-0.1, -0.05) is 29.8 Å². The van der Waals surface area contributed by atoms with Gasteiger partial charge in [0.25, 0.3) is 0 Å². The fraction of sp³-hybridized carbons (Fsp3) is 0.133. The van der Waals surface area contributed by atoms with Crippen LogP contribution in [0.2, 0.25) is 5.02 Å². The number of rotatable bonds is 2. The number of benzene rings is 2. The van der Waals surface area contributed by atoms with Gasteiger partial charge in [-0.25, -0.2) is 0 Å². The fourth-order valence-corrected chi connectivity index (χ4v) is 1.92. The quantitative estimate of drug-likeness (QED) is 0.796. The molecule has 0 fully saturated rings. The molecule has 0 heterocycles. The van der Waals surface area contributed by atoms with E-state index in [-0.39, 0.29) is 5.75 Å². The van der Waals surface area contributed by atoms with E-state index in [0.29, 0.717) is 10.6 Å². The van der Waals surface area contributed by atoms with Crippen LogP contribution >= 0.6 is 11.6 Å². The van der Waals surface area contributed by atoms with Crippen LogP contribution < -0.4 is 0 Å². The second-order valence-electron chi connectivity index (χ2n) is 4.16. The van der Waals surface area contributed by atoms with Gasteiger partial charge in [-0.3, -0.25) is 4.99 Å². The van der Waals surface area contributed by atoms with Gasteiger partial charge in [0, 0.05) is 16.8 Å². The van der Waals surface area contributed by atoms with Crippen molar-refractivity contribution in [2.45, 2.75) is 13.8 Å². The van der Waals surface area contributed by atoms with Gasteiger partial charge >= 0.3 is 0 Å². The van der Waals surface area contributed by atoms with Crippen LogP contribution in [-0.4, -0.2) is 11.3 Å². The number of hydrogen-bond donors (Lipinski definition) is 1. The maximum absolute atomic E-state index is 9.92. The Balaban J connectivity index is 2.41. The van der Waals surface area contributed by atoms with E-state index in [4.69, 9.17) is 11.6 Å². The van der Waals surface area contributed by atoms with Gasteiger partial charge in [0.1, 0.15) is 5.75 Å². The molecule has 0 aliphatic rings. The van der Waals surface area contributed by atoms with Crippen molar-refractivity contribution >= 4 is 23.5 Å². The van der Waals surface area contributed by atoms with Gasteiger partial charge in [0.2, 0.25) is 0 Å². The molecule has 2 aromatic carbocycles. The van der Waals surface area contributed by atoms with E-state index in [1.165, 1.54) is 0 Å². The van der Waals surface area contributed by atoms with Crippen LogP contribution in [0.15, 0.2) is 41.4 Å². The predicted molar refractivity (Wildman–Crippen MR) is 76.3 cm³/mol. The zero-order chi connectivity index (χ0) is 13.1. The molecule has 0 saturated heterocycles. The molecular formula is C15H14ClNO. The number of phenols is 1. The third kappa shape index (κ3) is 2.54. The number of hydrogen-bond acceptors (Lipinski definition) is 2. The lowest BCUT2D eigenvalue weighted by molar-refractivity contribution is 0.473. The molecule has 18 heavy (non-hydrogen) atoms. The third-order valence-electron chi connectivity index (χ3n) is 2.81. The van der Waals surface area contributed by atoms with Gasteiger partial charge in [-0.15, -0.1) is 0 Å². The lowest BCUT2D eigenvalue weighted by Gasteiger charge is -2.08. The van der Waals surface area contributed by atoms with Crippen molar-refractivity contribution in [2.75, 3.05) is 0 Å². The maximum atomic E-state index is 9.92. The number of phenolic OH excluding ortho intramolecular Hbond substituents is 1. The molecule has 0 amide bonds. The first-order valence-corrected chi connectivity index (χ1v) is 6.05. The van der Waals surface area contributed by atoms with Crippen LogP contribution in [0.1, 0.15) is 16.7 Å². The first-order valence-electron chi connectivity index (χ1n) is 5.67. The Hall–Kier alpha value is -1.80. The smallest absolute Gasteiger partial charge is 0.124 e. The van der Waals surface area contributed by atoms with Gasteiger partial charge in [-0.05, 0) is 43.2 Å². The van der Waals surface area contributed by atoms with Crippen molar-refractivity contribution in [2.24, 2.45) is 4.99 Å². The minimum absolute atomic E-state index is 0.203. The zero-order valence-corrected chi connectivity index (χ0v) is 11.1. The predicted octanol–water partition coefficient (Wildman–Crippen LogP) is 4.41. The van der Waals surface area contributed by atoms with Crippen molar-refractivity contribution in [3.8, 4) is 5.75 Å². The SMILES string of the molecule is Cc1cc(O)c(C=Nc2ccccc2)c(C)c1Cl. The van der Waals surface area contributed by atoms with Crippen LogP contribution in [0.5, 0.6) is 5.75 Å². The van der Waals surface area contributed by atoms with Gasteiger partial charge in [0.05, 0.1) is 5.69 Å². The summed E-state index contributed by atoms with van der Waals surface area (Å²) < 4.78 is 0. The van der Waals surface area contributed by atoms with E-state index >= 15 is 0 Å². The zero-order valence-electron chi connectivity index (χ0n) is 10.3. The summed E-state index contributed by atoms with van der Waals surface area (Å²) in [5.74, 6) is 0.203. The van der Waals surface area contributed by atoms with Gasteiger partial charge in [-0.2, -0.15) is 0 Å².